The lowest BCUT2D eigenvalue weighted by Crippen LogP contribution is -2.20. The first-order chi connectivity index (χ1) is 9.02. The predicted molar refractivity (Wildman–Crippen MR) is 80.8 cm³/mol. The highest BCUT2D eigenvalue weighted by Gasteiger charge is 2.07. The summed E-state index contributed by atoms with van der Waals surface area (Å²) >= 11 is 0. The first kappa shape index (κ1) is 15.7. The Morgan fingerprint density at radius 1 is 1.26 bits per heavy atom. The number of nitrogens with one attached hydrogen (secondary N) is 2. The second-order valence-electron chi connectivity index (χ2n) is 5.57. The number of hydrogen-bond donors (Lipinski definition) is 2. The van der Waals surface area contributed by atoms with Crippen molar-refractivity contribution in [3.8, 4) is 0 Å². The quantitative estimate of drug-likeness (QED) is 0.705. The fourth-order valence-electron chi connectivity index (χ4n) is 2.03. The van der Waals surface area contributed by atoms with E-state index in [4.69, 9.17) is 0 Å². The third-order valence-corrected chi connectivity index (χ3v) is 3.19. The van der Waals surface area contributed by atoms with Crippen LogP contribution in [0.1, 0.15) is 71.5 Å². The lowest BCUT2D eigenvalue weighted by Gasteiger charge is -2.15. The molecule has 4 nitrogen and oxygen atoms in total. The molecular weight excluding hydrogens is 238 g/mol. The minimum absolute atomic E-state index is 0.0839. The zero-order valence-electron chi connectivity index (χ0n) is 12.6. The number of nitrogens with zero attached hydrogens (tertiary/aromatic N) is 1. The van der Waals surface area contributed by atoms with Gasteiger partial charge in [-0.05, 0) is 13.3 Å². The van der Waals surface area contributed by atoms with Crippen LogP contribution in [0.15, 0.2) is 10.9 Å². The van der Waals surface area contributed by atoms with Crippen LogP contribution in [0.4, 0.5) is 5.82 Å². The van der Waals surface area contributed by atoms with Crippen molar-refractivity contribution < 1.29 is 0 Å². The van der Waals surface area contributed by atoms with E-state index in [-0.39, 0.29) is 11.5 Å². The SMILES string of the molecule is CCCCCCC(C)Nc1cc(=O)[nH]c(C(C)C)n1. The Balaban J connectivity index is 2.54. The minimum Gasteiger partial charge on any atom is -0.367 e. The fraction of sp³-hybridized carbons (Fsp3) is 0.733. The van der Waals surface area contributed by atoms with Gasteiger partial charge >= 0.3 is 0 Å². The molecule has 4 heteroatoms. The second kappa shape index (κ2) is 7.97. The van der Waals surface area contributed by atoms with Crippen molar-refractivity contribution in [1.82, 2.24) is 9.97 Å². The molecule has 0 radical (unpaired) electrons. The van der Waals surface area contributed by atoms with E-state index in [0.29, 0.717) is 11.9 Å². The van der Waals surface area contributed by atoms with Gasteiger partial charge in [0, 0.05) is 18.0 Å². The van der Waals surface area contributed by atoms with Crippen LogP contribution in [0, 0.1) is 0 Å². The molecule has 1 atom stereocenters. The summed E-state index contributed by atoms with van der Waals surface area (Å²) < 4.78 is 0. The summed E-state index contributed by atoms with van der Waals surface area (Å²) in [6.45, 7) is 8.41. The van der Waals surface area contributed by atoms with Crippen LogP contribution in [0.2, 0.25) is 0 Å². The highest BCUT2D eigenvalue weighted by atomic mass is 16.1. The Labute approximate surface area is 116 Å². The van der Waals surface area contributed by atoms with Crippen LogP contribution >= 0.6 is 0 Å². The average molecular weight is 265 g/mol. The van der Waals surface area contributed by atoms with Gasteiger partial charge in [-0.25, -0.2) is 4.98 Å². The van der Waals surface area contributed by atoms with E-state index in [2.05, 4.69) is 29.1 Å². The zero-order chi connectivity index (χ0) is 14.3. The largest absolute Gasteiger partial charge is 0.367 e. The maximum atomic E-state index is 11.6. The average Bonchev–Trinajstić information content (AvgIpc) is 2.34. The van der Waals surface area contributed by atoms with Gasteiger partial charge in [0.15, 0.2) is 0 Å². The summed E-state index contributed by atoms with van der Waals surface area (Å²) in [6, 6.07) is 1.89. The lowest BCUT2D eigenvalue weighted by molar-refractivity contribution is 0.592. The van der Waals surface area contributed by atoms with E-state index >= 15 is 0 Å². The van der Waals surface area contributed by atoms with Crippen molar-refractivity contribution in [3.05, 3.63) is 22.2 Å². The topological polar surface area (TPSA) is 57.8 Å². The van der Waals surface area contributed by atoms with E-state index in [1.165, 1.54) is 31.7 Å². The van der Waals surface area contributed by atoms with Gasteiger partial charge in [-0.3, -0.25) is 4.79 Å². The van der Waals surface area contributed by atoms with Gasteiger partial charge < -0.3 is 10.3 Å². The molecule has 0 aromatic carbocycles. The van der Waals surface area contributed by atoms with Gasteiger partial charge in [0.05, 0.1) is 0 Å². The first-order valence-electron chi connectivity index (χ1n) is 7.40. The summed E-state index contributed by atoms with van der Waals surface area (Å²) in [4.78, 5) is 18.8. The molecule has 1 rings (SSSR count). The van der Waals surface area contributed by atoms with Gasteiger partial charge in [-0.15, -0.1) is 0 Å². The standard InChI is InChI=1S/C15H27N3O/c1-5-6-7-8-9-12(4)16-13-10-14(19)18-15(17-13)11(2)3/h10-12H,5-9H2,1-4H3,(H2,16,17,18,19). The van der Waals surface area contributed by atoms with Crippen LogP contribution in [-0.2, 0) is 0 Å². The molecule has 0 saturated carbocycles. The number of rotatable bonds is 8. The fourth-order valence-corrected chi connectivity index (χ4v) is 2.03. The van der Waals surface area contributed by atoms with Crippen molar-refractivity contribution in [2.45, 2.75) is 71.8 Å². The summed E-state index contributed by atoms with van der Waals surface area (Å²) in [5.41, 5.74) is -0.0839. The Morgan fingerprint density at radius 3 is 2.63 bits per heavy atom. The van der Waals surface area contributed by atoms with Crippen molar-refractivity contribution in [1.29, 1.82) is 0 Å². The Kier molecular flexibility index (Phi) is 6.60. The highest BCUT2D eigenvalue weighted by molar-refractivity contribution is 5.34. The van der Waals surface area contributed by atoms with Gasteiger partial charge in [0.25, 0.3) is 5.56 Å². The minimum atomic E-state index is -0.0839. The normalized spacial score (nSPS) is 12.7. The number of aromatic nitrogens is 2. The number of unbranched alkanes of at least 4 members (excludes halogenated alkanes) is 3. The van der Waals surface area contributed by atoms with Crippen molar-refractivity contribution >= 4 is 5.82 Å². The Morgan fingerprint density at radius 2 is 2.00 bits per heavy atom. The van der Waals surface area contributed by atoms with Crippen molar-refractivity contribution in [2.75, 3.05) is 5.32 Å². The molecule has 0 saturated heterocycles. The molecule has 0 amide bonds. The predicted octanol–water partition coefficient (Wildman–Crippen LogP) is 3.66. The van der Waals surface area contributed by atoms with Crippen LogP contribution in [0.5, 0.6) is 0 Å². The molecule has 0 spiro atoms. The van der Waals surface area contributed by atoms with E-state index in [9.17, 15) is 4.79 Å². The number of aromatic amines is 1. The van der Waals surface area contributed by atoms with Gasteiger partial charge in [-0.1, -0.05) is 46.5 Å². The van der Waals surface area contributed by atoms with Crippen molar-refractivity contribution in [2.24, 2.45) is 0 Å². The molecule has 0 aliphatic rings. The second-order valence-corrected chi connectivity index (χ2v) is 5.57. The molecule has 108 valence electrons. The summed E-state index contributed by atoms with van der Waals surface area (Å²) in [5, 5.41) is 3.32. The van der Waals surface area contributed by atoms with Crippen LogP contribution in [-0.4, -0.2) is 16.0 Å². The molecular formula is C15H27N3O. The zero-order valence-corrected chi connectivity index (χ0v) is 12.6. The molecule has 0 aliphatic carbocycles. The van der Waals surface area contributed by atoms with Crippen LogP contribution < -0.4 is 10.9 Å². The summed E-state index contributed by atoms with van der Waals surface area (Å²) in [7, 11) is 0. The summed E-state index contributed by atoms with van der Waals surface area (Å²) in [5.74, 6) is 1.66. The van der Waals surface area contributed by atoms with Gasteiger partial charge in [0.1, 0.15) is 11.6 Å². The molecule has 2 N–H and O–H groups in total. The molecule has 1 unspecified atom stereocenters. The maximum Gasteiger partial charge on any atom is 0.252 e. The summed E-state index contributed by atoms with van der Waals surface area (Å²) in [6.07, 6.45) is 6.18. The van der Waals surface area contributed by atoms with Crippen molar-refractivity contribution in [3.63, 3.8) is 0 Å². The highest BCUT2D eigenvalue weighted by Crippen LogP contribution is 2.12. The molecule has 0 bridgehead atoms. The maximum absolute atomic E-state index is 11.6. The molecule has 0 fully saturated rings. The molecule has 19 heavy (non-hydrogen) atoms. The number of hydrogen-bond acceptors (Lipinski definition) is 3. The third kappa shape index (κ3) is 5.90. The van der Waals surface area contributed by atoms with E-state index in [1.54, 1.807) is 0 Å². The molecule has 0 aliphatic heterocycles. The monoisotopic (exact) mass is 265 g/mol. The van der Waals surface area contributed by atoms with Crippen LogP contribution in [0.25, 0.3) is 0 Å². The van der Waals surface area contributed by atoms with Gasteiger partial charge in [-0.2, -0.15) is 0 Å². The first-order valence-corrected chi connectivity index (χ1v) is 7.40. The van der Waals surface area contributed by atoms with Gasteiger partial charge in [0.2, 0.25) is 0 Å². The Bertz CT molecular complexity index is 426. The third-order valence-electron chi connectivity index (χ3n) is 3.19. The molecule has 1 aromatic heterocycles. The molecule has 1 aromatic rings. The number of H-pyrrole nitrogens is 1. The lowest BCUT2D eigenvalue weighted by atomic mass is 10.1. The number of anilines is 1. The van der Waals surface area contributed by atoms with E-state index < -0.39 is 0 Å². The van der Waals surface area contributed by atoms with Crippen LogP contribution in [0.3, 0.4) is 0 Å². The Hall–Kier alpha value is -1.32. The molecule has 1 heterocycles. The van der Waals surface area contributed by atoms with E-state index in [0.717, 1.165) is 12.2 Å². The smallest absolute Gasteiger partial charge is 0.252 e. The van der Waals surface area contributed by atoms with E-state index in [1.807, 2.05) is 13.8 Å².